The molecule has 1 aliphatic rings. The number of hydrogen-bond donors (Lipinski definition) is 1. The molecule has 7 nitrogen and oxygen atoms in total. The summed E-state index contributed by atoms with van der Waals surface area (Å²) in [4.78, 5) is 25.1. The minimum Gasteiger partial charge on any atom is -0.497 e. The molecule has 234 valence electrons. The lowest BCUT2D eigenvalue weighted by Gasteiger charge is -2.27. The lowest BCUT2D eigenvalue weighted by molar-refractivity contribution is -0.147. The van der Waals surface area contributed by atoms with Gasteiger partial charge in [-0.1, -0.05) is 30.3 Å². The van der Waals surface area contributed by atoms with Crippen LogP contribution in [-0.4, -0.2) is 45.9 Å². The van der Waals surface area contributed by atoms with Gasteiger partial charge in [0, 0.05) is 17.7 Å². The maximum Gasteiger partial charge on any atom is 0.308 e. The second-order valence-corrected chi connectivity index (χ2v) is 11.1. The van der Waals surface area contributed by atoms with Gasteiger partial charge >= 0.3 is 5.97 Å². The monoisotopic (exact) mass is 611 g/mol. The minimum atomic E-state index is -0.328. The predicted octanol–water partition coefficient (Wildman–Crippen LogP) is 7.26. The second kappa shape index (κ2) is 14.8. The molecule has 0 unspecified atom stereocenters. The Balaban J connectivity index is 1.29. The molecule has 1 amide bonds. The highest BCUT2D eigenvalue weighted by Gasteiger charge is 2.28. The first kappa shape index (κ1) is 31.6. The van der Waals surface area contributed by atoms with Crippen molar-refractivity contribution in [1.82, 2.24) is 5.32 Å². The van der Waals surface area contributed by atoms with Gasteiger partial charge in [-0.3, -0.25) is 9.59 Å². The molecule has 0 aliphatic heterocycles. The molecular weight excluding hydrogens is 573 g/mol. The molecule has 4 aromatic rings. The molecule has 1 N–H and O–H groups in total. The molecule has 5 rings (SSSR count). The number of esters is 1. The SMILES string of the molecule is COC(=O)C1CCC(Oc2ccc(CCNC(=O)c3ccc(OC)c(-c4cccc(OC)c4)c3)c(-c3cccc(F)c3)c2)CC1. The zero-order chi connectivity index (χ0) is 31.8. The molecule has 0 aromatic heterocycles. The number of amides is 1. The van der Waals surface area contributed by atoms with E-state index in [1.165, 1.54) is 19.2 Å². The van der Waals surface area contributed by atoms with Gasteiger partial charge in [-0.05, 0) is 109 Å². The quantitative estimate of drug-likeness (QED) is 0.180. The van der Waals surface area contributed by atoms with Gasteiger partial charge in [0.2, 0.25) is 0 Å². The Hall–Kier alpha value is -4.85. The van der Waals surface area contributed by atoms with Crippen molar-refractivity contribution in [1.29, 1.82) is 0 Å². The highest BCUT2D eigenvalue weighted by atomic mass is 19.1. The number of hydrogen-bond acceptors (Lipinski definition) is 6. The van der Waals surface area contributed by atoms with E-state index in [0.717, 1.165) is 53.5 Å². The van der Waals surface area contributed by atoms with Gasteiger partial charge in [0.1, 0.15) is 23.1 Å². The van der Waals surface area contributed by atoms with E-state index >= 15 is 0 Å². The summed E-state index contributed by atoms with van der Waals surface area (Å²) < 4.78 is 36.4. The zero-order valence-electron chi connectivity index (χ0n) is 25.8. The normalized spacial score (nSPS) is 16.0. The van der Waals surface area contributed by atoms with Crippen LogP contribution in [0.4, 0.5) is 4.39 Å². The summed E-state index contributed by atoms with van der Waals surface area (Å²) in [5.41, 5.74) is 4.69. The highest BCUT2D eigenvalue weighted by molar-refractivity contribution is 5.96. The summed E-state index contributed by atoms with van der Waals surface area (Å²) in [7, 11) is 4.63. The smallest absolute Gasteiger partial charge is 0.308 e. The largest absolute Gasteiger partial charge is 0.497 e. The molecular formula is C37H38FNO6. The summed E-state index contributed by atoms with van der Waals surface area (Å²) >= 11 is 0. The van der Waals surface area contributed by atoms with Crippen molar-refractivity contribution in [3.05, 3.63) is 102 Å². The Morgan fingerprint density at radius 1 is 0.778 bits per heavy atom. The fourth-order valence-corrected chi connectivity index (χ4v) is 5.83. The van der Waals surface area contributed by atoms with Crippen molar-refractivity contribution in [3.63, 3.8) is 0 Å². The third-order valence-corrected chi connectivity index (χ3v) is 8.25. The number of carbonyl (C=O) groups excluding carboxylic acids is 2. The second-order valence-electron chi connectivity index (χ2n) is 11.1. The molecule has 0 heterocycles. The fraction of sp³-hybridized carbons (Fsp3) is 0.297. The number of halogens is 1. The first-order valence-electron chi connectivity index (χ1n) is 15.1. The van der Waals surface area contributed by atoms with Crippen molar-refractivity contribution < 1.29 is 32.9 Å². The number of rotatable bonds is 11. The third-order valence-electron chi connectivity index (χ3n) is 8.25. The topological polar surface area (TPSA) is 83.1 Å². The van der Waals surface area contributed by atoms with Gasteiger partial charge in [-0.15, -0.1) is 0 Å². The Labute approximate surface area is 263 Å². The van der Waals surface area contributed by atoms with Crippen LogP contribution in [0.2, 0.25) is 0 Å². The van der Waals surface area contributed by atoms with Gasteiger partial charge in [-0.25, -0.2) is 4.39 Å². The van der Waals surface area contributed by atoms with E-state index in [-0.39, 0.29) is 29.7 Å². The third kappa shape index (κ3) is 7.81. The maximum atomic E-state index is 14.2. The van der Waals surface area contributed by atoms with Crippen molar-refractivity contribution in [2.45, 2.75) is 38.2 Å². The zero-order valence-corrected chi connectivity index (χ0v) is 25.8. The van der Waals surface area contributed by atoms with Crippen molar-refractivity contribution in [2.75, 3.05) is 27.9 Å². The van der Waals surface area contributed by atoms with E-state index in [1.807, 2.05) is 54.6 Å². The number of carbonyl (C=O) groups is 2. The van der Waals surface area contributed by atoms with Crippen molar-refractivity contribution >= 4 is 11.9 Å². The lowest BCUT2D eigenvalue weighted by Crippen LogP contribution is -2.28. The number of methoxy groups -OCH3 is 3. The Morgan fingerprint density at radius 2 is 1.53 bits per heavy atom. The molecule has 45 heavy (non-hydrogen) atoms. The maximum absolute atomic E-state index is 14.2. The first-order valence-corrected chi connectivity index (χ1v) is 15.1. The minimum absolute atomic E-state index is 0.0113. The van der Waals surface area contributed by atoms with Crippen LogP contribution in [0.5, 0.6) is 17.2 Å². The van der Waals surface area contributed by atoms with Gasteiger partial charge in [0.25, 0.3) is 5.91 Å². The molecule has 0 spiro atoms. The molecule has 4 aromatic carbocycles. The molecule has 1 aliphatic carbocycles. The predicted molar refractivity (Wildman–Crippen MR) is 171 cm³/mol. The Bertz CT molecular complexity index is 1650. The average molecular weight is 612 g/mol. The van der Waals surface area contributed by atoms with E-state index in [2.05, 4.69) is 5.32 Å². The van der Waals surface area contributed by atoms with Crippen LogP contribution in [0.3, 0.4) is 0 Å². The van der Waals surface area contributed by atoms with Crippen LogP contribution in [0.1, 0.15) is 41.6 Å². The fourth-order valence-electron chi connectivity index (χ4n) is 5.83. The van der Waals surface area contributed by atoms with E-state index in [9.17, 15) is 14.0 Å². The molecule has 0 atom stereocenters. The molecule has 1 saturated carbocycles. The number of nitrogens with one attached hydrogen (secondary N) is 1. The van der Waals surface area contributed by atoms with Crippen LogP contribution in [0, 0.1) is 11.7 Å². The summed E-state index contributed by atoms with van der Waals surface area (Å²) in [6, 6.07) is 25.2. The van der Waals surface area contributed by atoms with Crippen LogP contribution in [0.25, 0.3) is 22.3 Å². The van der Waals surface area contributed by atoms with E-state index in [4.69, 9.17) is 18.9 Å². The lowest BCUT2D eigenvalue weighted by atomic mass is 9.87. The summed E-state index contributed by atoms with van der Waals surface area (Å²) in [5, 5.41) is 3.03. The summed E-state index contributed by atoms with van der Waals surface area (Å²) in [5.74, 6) is 1.26. The summed E-state index contributed by atoms with van der Waals surface area (Å²) in [6.07, 6.45) is 3.48. The van der Waals surface area contributed by atoms with Crippen LogP contribution < -0.4 is 19.5 Å². The van der Waals surface area contributed by atoms with Crippen molar-refractivity contribution in [2.24, 2.45) is 5.92 Å². The van der Waals surface area contributed by atoms with E-state index < -0.39 is 0 Å². The van der Waals surface area contributed by atoms with Gasteiger partial charge in [-0.2, -0.15) is 0 Å². The molecule has 0 bridgehead atoms. The number of benzene rings is 4. The molecule has 0 radical (unpaired) electrons. The van der Waals surface area contributed by atoms with Gasteiger partial charge in [0.05, 0.1) is 33.4 Å². The highest BCUT2D eigenvalue weighted by Crippen LogP contribution is 2.34. The number of ether oxygens (including phenoxy) is 4. The van der Waals surface area contributed by atoms with Crippen LogP contribution in [-0.2, 0) is 16.0 Å². The van der Waals surface area contributed by atoms with Crippen LogP contribution in [0.15, 0.2) is 84.9 Å². The Morgan fingerprint density at radius 3 is 2.24 bits per heavy atom. The molecule has 8 heteroatoms. The molecule has 0 saturated heterocycles. The summed E-state index contributed by atoms with van der Waals surface area (Å²) in [6.45, 7) is 0.374. The van der Waals surface area contributed by atoms with E-state index in [0.29, 0.717) is 35.8 Å². The van der Waals surface area contributed by atoms with Crippen molar-refractivity contribution in [3.8, 4) is 39.5 Å². The van der Waals surface area contributed by atoms with Crippen LogP contribution >= 0.6 is 0 Å². The van der Waals surface area contributed by atoms with Gasteiger partial charge in [0.15, 0.2) is 0 Å². The van der Waals surface area contributed by atoms with Gasteiger partial charge < -0.3 is 24.3 Å². The van der Waals surface area contributed by atoms with E-state index in [1.54, 1.807) is 32.4 Å². The Kier molecular flexibility index (Phi) is 10.3. The average Bonchev–Trinajstić information content (AvgIpc) is 3.08. The standard InChI is InChI=1S/C37H38FNO6/c1-42-31-9-5-7-27(21-31)34-22-28(13-17-35(34)43-2)36(40)39-19-18-24-10-16-32(23-33(24)26-6-4-8-29(38)20-26)45-30-14-11-25(12-15-30)37(41)44-3/h4-10,13,16-17,20-23,25,30H,11-12,14-15,18-19H2,1-3H3,(H,39,40). The molecule has 1 fully saturated rings. The first-order chi connectivity index (χ1) is 21.9.